The van der Waals surface area contributed by atoms with Gasteiger partial charge in [0.2, 0.25) is 0 Å². The van der Waals surface area contributed by atoms with Crippen molar-refractivity contribution in [1.29, 1.82) is 0 Å². The van der Waals surface area contributed by atoms with Gasteiger partial charge in [0.05, 0.1) is 0 Å². The number of piperidine rings is 1. The fraction of sp³-hybridized carbons (Fsp3) is 0.625. The van der Waals surface area contributed by atoms with Gasteiger partial charge < -0.3 is 10.6 Å². The van der Waals surface area contributed by atoms with E-state index in [-0.39, 0.29) is 5.41 Å². The van der Waals surface area contributed by atoms with Crippen LogP contribution in [0.15, 0.2) is 30.3 Å². The molecule has 1 aliphatic heterocycles. The van der Waals surface area contributed by atoms with Gasteiger partial charge in [-0.05, 0) is 44.8 Å². The molecule has 0 saturated carbocycles. The number of likely N-dealkylation sites (tertiary alicyclic amines) is 1. The van der Waals surface area contributed by atoms with Crippen molar-refractivity contribution in [2.45, 2.75) is 38.1 Å². The lowest BCUT2D eigenvalue weighted by molar-refractivity contribution is 0.0704. The monoisotopic (exact) mass is 246 g/mol. The summed E-state index contributed by atoms with van der Waals surface area (Å²) in [5, 5.41) is 0. The molecule has 2 N–H and O–H groups in total. The average Bonchev–Trinajstić information content (AvgIpc) is 2.37. The lowest BCUT2D eigenvalue weighted by Gasteiger charge is -2.49. The Kier molecular flexibility index (Phi) is 4.08. The summed E-state index contributed by atoms with van der Waals surface area (Å²) in [6, 6.07) is 11.6. The molecule has 2 rings (SSSR count). The van der Waals surface area contributed by atoms with Crippen molar-refractivity contribution in [3.63, 3.8) is 0 Å². The van der Waals surface area contributed by atoms with Gasteiger partial charge in [0.15, 0.2) is 0 Å². The molecule has 1 saturated heterocycles. The molecule has 0 spiro atoms. The molecule has 0 aromatic heterocycles. The first kappa shape index (κ1) is 13.6. The summed E-state index contributed by atoms with van der Waals surface area (Å²) < 4.78 is 0. The van der Waals surface area contributed by atoms with E-state index in [2.05, 4.69) is 56.1 Å². The molecule has 0 aliphatic carbocycles. The van der Waals surface area contributed by atoms with E-state index < -0.39 is 0 Å². The minimum atomic E-state index is 0.266. The number of rotatable bonds is 3. The first-order chi connectivity index (χ1) is 8.60. The Hall–Kier alpha value is -0.860. The molecular weight excluding hydrogens is 220 g/mol. The summed E-state index contributed by atoms with van der Waals surface area (Å²) in [7, 11) is 2.23. The Morgan fingerprint density at radius 2 is 1.94 bits per heavy atom. The molecule has 1 aliphatic rings. The number of nitrogens with zero attached hydrogens (tertiary/aromatic N) is 1. The smallest absolute Gasteiger partial charge is 0.00726 e. The number of hydrogen-bond acceptors (Lipinski definition) is 2. The van der Waals surface area contributed by atoms with E-state index in [0.29, 0.717) is 12.0 Å². The molecule has 1 aromatic carbocycles. The molecule has 100 valence electrons. The highest BCUT2D eigenvalue weighted by Gasteiger charge is 2.42. The molecule has 2 heteroatoms. The Balaban J connectivity index is 2.37. The number of benzene rings is 1. The van der Waals surface area contributed by atoms with Gasteiger partial charge in [-0.2, -0.15) is 0 Å². The van der Waals surface area contributed by atoms with E-state index in [1.54, 1.807) is 0 Å². The van der Waals surface area contributed by atoms with E-state index in [1.165, 1.54) is 12.0 Å². The van der Waals surface area contributed by atoms with Crippen molar-refractivity contribution < 1.29 is 0 Å². The summed E-state index contributed by atoms with van der Waals surface area (Å²) >= 11 is 0. The van der Waals surface area contributed by atoms with Crippen LogP contribution in [-0.2, 0) is 5.41 Å². The van der Waals surface area contributed by atoms with E-state index in [1.807, 2.05) is 0 Å². The summed E-state index contributed by atoms with van der Waals surface area (Å²) in [6.45, 7) is 6.65. The van der Waals surface area contributed by atoms with Gasteiger partial charge in [0.1, 0.15) is 0 Å². The molecule has 0 radical (unpaired) electrons. The summed E-state index contributed by atoms with van der Waals surface area (Å²) in [5.74, 6) is 0.657. The predicted octanol–water partition coefficient (Wildman–Crippen LogP) is 2.63. The summed E-state index contributed by atoms with van der Waals surface area (Å²) in [5.41, 5.74) is 7.65. The van der Waals surface area contributed by atoms with E-state index >= 15 is 0 Å². The van der Waals surface area contributed by atoms with Crippen molar-refractivity contribution >= 4 is 0 Å². The largest absolute Gasteiger partial charge is 0.330 e. The van der Waals surface area contributed by atoms with Gasteiger partial charge in [-0.25, -0.2) is 0 Å². The summed E-state index contributed by atoms with van der Waals surface area (Å²) in [4.78, 5) is 2.47. The lowest BCUT2D eigenvalue weighted by atomic mass is 9.63. The van der Waals surface area contributed by atoms with Crippen LogP contribution in [0.1, 0.15) is 32.3 Å². The fourth-order valence-electron chi connectivity index (χ4n) is 3.59. The standard InChI is InChI=1S/C16H26N2/c1-13-12-18(3)14(2)11-16(13,9-10-17)15-7-5-4-6-8-15/h4-8,13-14H,9-12,17H2,1-3H3/t13-,14-,16+/m0/s1. The second kappa shape index (κ2) is 5.41. The quantitative estimate of drug-likeness (QED) is 0.888. The maximum atomic E-state index is 5.91. The third-order valence-corrected chi connectivity index (χ3v) is 4.86. The Bertz CT molecular complexity index is 376. The Morgan fingerprint density at radius 1 is 1.28 bits per heavy atom. The van der Waals surface area contributed by atoms with Crippen LogP contribution in [0, 0.1) is 5.92 Å². The van der Waals surface area contributed by atoms with Gasteiger partial charge in [-0.3, -0.25) is 0 Å². The van der Waals surface area contributed by atoms with Crippen molar-refractivity contribution in [3.05, 3.63) is 35.9 Å². The zero-order valence-electron chi connectivity index (χ0n) is 11.9. The fourth-order valence-corrected chi connectivity index (χ4v) is 3.59. The topological polar surface area (TPSA) is 29.3 Å². The van der Waals surface area contributed by atoms with Crippen LogP contribution in [0.5, 0.6) is 0 Å². The molecule has 1 aromatic rings. The van der Waals surface area contributed by atoms with Gasteiger partial charge in [0, 0.05) is 18.0 Å². The Labute approximate surface area is 111 Å². The summed E-state index contributed by atoms with van der Waals surface area (Å²) in [6.07, 6.45) is 2.31. The van der Waals surface area contributed by atoms with Crippen molar-refractivity contribution in [1.82, 2.24) is 4.90 Å². The van der Waals surface area contributed by atoms with Gasteiger partial charge in [0.25, 0.3) is 0 Å². The third kappa shape index (κ3) is 2.32. The number of nitrogens with two attached hydrogens (primary N) is 1. The first-order valence-electron chi connectivity index (χ1n) is 7.06. The minimum Gasteiger partial charge on any atom is -0.330 e. The highest BCUT2D eigenvalue weighted by molar-refractivity contribution is 5.28. The molecular formula is C16H26N2. The van der Waals surface area contributed by atoms with Crippen LogP contribution in [0.3, 0.4) is 0 Å². The average molecular weight is 246 g/mol. The lowest BCUT2D eigenvalue weighted by Crippen LogP contribution is -2.52. The molecule has 2 nitrogen and oxygen atoms in total. The van der Waals surface area contributed by atoms with Gasteiger partial charge in [-0.15, -0.1) is 0 Å². The van der Waals surface area contributed by atoms with Gasteiger partial charge in [-0.1, -0.05) is 37.3 Å². The van der Waals surface area contributed by atoms with E-state index in [9.17, 15) is 0 Å². The minimum absolute atomic E-state index is 0.266. The highest BCUT2D eigenvalue weighted by Crippen LogP contribution is 2.43. The molecule has 3 atom stereocenters. The van der Waals surface area contributed by atoms with Crippen LogP contribution in [-0.4, -0.2) is 31.1 Å². The van der Waals surface area contributed by atoms with Crippen LogP contribution < -0.4 is 5.73 Å². The maximum absolute atomic E-state index is 5.91. The molecule has 1 heterocycles. The van der Waals surface area contributed by atoms with Crippen molar-refractivity contribution in [2.24, 2.45) is 11.7 Å². The number of hydrogen-bond donors (Lipinski definition) is 1. The van der Waals surface area contributed by atoms with Crippen LogP contribution in [0.2, 0.25) is 0 Å². The van der Waals surface area contributed by atoms with Crippen molar-refractivity contribution in [3.8, 4) is 0 Å². The molecule has 18 heavy (non-hydrogen) atoms. The highest BCUT2D eigenvalue weighted by atomic mass is 15.1. The second-order valence-corrected chi connectivity index (χ2v) is 5.95. The van der Waals surface area contributed by atoms with Gasteiger partial charge >= 0.3 is 0 Å². The van der Waals surface area contributed by atoms with E-state index in [0.717, 1.165) is 19.5 Å². The Morgan fingerprint density at radius 3 is 2.56 bits per heavy atom. The van der Waals surface area contributed by atoms with Crippen LogP contribution in [0.4, 0.5) is 0 Å². The van der Waals surface area contributed by atoms with Crippen LogP contribution >= 0.6 is 0 Å². The first-order valence-corrected chi connectivity index (χ1v) is 7.06. The molecule has 1 fully saturated rings. The zero-order chi connectivity index (χ0) is 13.2. The predicted molar refractivity (Wildman–Crippen MR) is 77.7 cm³/mol. The van der Waals surface area contributed by atoms with Crippen molar-refractivity contribution in [2.75, 3.05) is 20.1 Å². The maximum Gasteiger partial charge on any atom is 0.00726 e. The SMILES string of the molecule is C[C@H]1C[C@@](CCN)(c2ccccc2)[C@@H](C)CN1C. The normalized spacial score (nSPS) is 33.6. The zero-order valence-corrected chi connectivity index (χ0v) is 11.9. The molecule has 0 unspecified atom stereocenters. The second-order valence-electron chi connectivity index (χ2n) is 5.95. The molecule has 0 bridgehead atoms. The molecule has 0 amide bonds. The van der Waals surface area contributed by atoms with Crippen LogP contribution in [0.25, 0.3) is 0 Å². The van der Waals surface area contributed by atoms with E-state index in [4.69, 9.17) is 5.73 Å². The third-order valence-electron chi connectivity index (χ3n) is 4.86.